The van der Waals surface area contributed by atoms with Gasteiger partial charge in [-0.1, -0.05) is 12.1 Å². The molecule has 1 heterocycles. The first kappa shape index (κ1) is 20.2. The first-order valence-electron chi connectivity index (χ1n) is 9.99. The molecule has 0 fully saturated rings. The number of allylic oxidation sites excluding steroid dienone is 3. The van der Waals surface area contributed by atoms with Crippen molar-refractivity contribution in [3.63, 3.8) is 0 Å². The molecule has 0 saturated carbocycles. The van der Waals surface area contributed by atoms with Gasteiger partial charge in [0.05, 0.1) is 17.8 Å². The van der Waals surface area contributed by atoms with Crippen LogP contribution in [0.2, 0.25) is 0 Å². The number of carbonyl (C=O) groups is 2. The van der Waals surface area contributed by atoms with Gasteiger partial charge in [0.15, 0.2) is 5.78 Å². The lowest BCUT2D eigenvalue weighted by molar-refractivity contribution is -0.143. The average molecular weight is 383 g/mol. The number of esters is 1. The number of dihydropyridines is 1. The second kappa shape index (κ2) is 8.21. The van der Waals surface area contributed by atoms with E-state index in [0.717, 1.165) is 35.5 Å². The third-order valence-electron chi connectivity index (χ3n) is 4.92. The molecular weight excluding hydrogens is 354 g/mol. The highest BCUT2D eigenvalue weighted by Gasteiger charge is 2.39. The van der Waals surface area contributed by atoms with E-state index < -0.39 is 5.92 Å². The Balaban J connectivity index is 2.06. The summed E-state index contributed by atoms with van der Waals surface area (Å²) in [4.78, 5) is 25.7. The van der Waals surface area contributed by atoms with E-state index >= 15 is 0 Å². The Bertz CT molecular complexity index is 831. The molecule has 0 spiro atoms. The highest BCUT2D eigenvalue weighted by molar-refractivity contribution is 6.03. The second-order valence-electron chi connectivity index (χ2n) is 7.96. The number of ether oxygens (including phenoxy) is 2. The predicted molar refractivity (Wildman–Crippen MR) is 108 cm³/mol. The van der Waals surface area contributed by atoms with Gasteiger partial charge in [0.25, 0.3) is 0 Å². The van der Waals surface area contributed by atoms with Gasteiger partial charge in [0.1, 0.15) is 5.75 Å². The van der Waals surface area contributed by atoms with E-state index in [2.05, 4.69) is 5.32 Å². The van der Waals surface area contributed by atoms with Gasteiger partial charge in [-0.25, -0.2) is 4.79 Å². The van der Waals surface area contributed by atoms with Crippen molar-refractivity contribution in [1.29, 1.82) is 0 Å². The van der Waals surface area contributed by atoms with Crippen molar-refractivity contribution in [3.05, 3.63) is 52.4 Å². The first-order valence-corrected chi connectivity index (χ1v) is 9.99. The van der Waals surface area contributed by atoms with Crippen LogP contribution in [0.15, 0.2) is 46.8 Å². The van der Waals surface area contributed by atoms with Gasteiger partial charge in [-0.3, -0.25) is 4.79 Å². The Morgan fingerprint density at radius 1 is 1.07 bits per heavy atom. The average Bonchev–Trinajstić information content (AvgIpc) is 2.60. The minimum atomic E-state index is -0.414. The number of hydrogen-bond donors (Lipinski definition) is 1. The third kappa shape index (κ3) is 4.13. The van der Waals surface area contributed by atoms with Crippen LogP contribution in [0.3, 0.4) is 0 Å². The van der Waals surface area contributed by atoms with Crippen molar-refractivity contribution in [3.8, 4) is 5.75 Å². The fraction of sp³-hybridized carbons (Fsp3) is 0.478. The van der Waals surface area contributed by atoms with Gasteiger partial charge in [0, 0.05) is 29.3 Å². The van der Waals surface area contributed by atoms with E-state index in [9.17, 15) is 9.59 Å². The molecule has 1 N–H and O–H groups in total. The Kier molecular flexibility index (Phi) is 5.92. The Morgan fingerprint density at radius 2 is 1.75 bits per heavy atom. The van der Waals surface area contributed by atoms with Gasteiger partial charge in [0.2, 0.25) is 0 Å². The van der Waals surface area contributed by atoms with E-state index in [1.54, 1.807) is 0 Å². The van der Waals surface area contributed by atoms with Gasteiger partial charge in [-0.15, -0.1) is 0 Å². The molecule has 3 rings (SSSR count). The van der Waals surface area contributed by atoms with Crippen molar-refractivity contribution in [1.82, 2.24) is 5.32 Å². The molecule has 1 aromatic carbocycles. The Labute approximate surface area is 166 Å². The van der Waals surface area contributed by atoms with Crippen molar-refractivity contribution in [2.75, 3.05) is 0 Å². The molecule has 1 unspecified atom stereocenters. The summed E-state index contributed by atoms with van der Waals surface area (Å²) in [5, 5.41) is 3.30. The van der Waals surface area contributed by atoms with Crippen LogP contribution < -0.4 is 10.1 Å². The van der Waals surface area contributed by atoms with E-state index in [1.165, 1.54) is 0 Å². The van der Waals surface area contributed by atoms with Crippen molar-refractivity contribution < 1.29 is 19.1 Å². The van der Waals surface area contributed by atoms with Gasteiger partial charge >= 0.3 is 5.97 Å². The van der Waals surface area contributed by atoms with Crippen LogP contribution in [0.5, 0.6) is 5.75 Å². The van der Waals surface area contributed by atoms with Crippen LogP contribution in [0, 0.1) is 0 Å². The van der Waals surface area contributed by atoms with Gasteiger partial charge in [-0.2, -0.15) is 0 Å². The normalized spacial score (nSPS) is 19.7. The van der Waals surface area contributed by atoms with E-state index in [0.29, 0.717) is 17.6 Å². The summed E-state index contributed by atoms with van der Waals surface area (Å²) in [5.74, 6) is 0.0771. The molecule has 0 bridgehead atoms. The molecule has 2 aliphatic rings. The summed E-state index contributed by atoms with van der Waals surface area (Å²) in [5.41, 5.74) is 3.80. The maximum atomic E-state index is 12.9. The summed E-state index contributed by atoms with van der Waals surface area (Å²) in [6.45, 7) is 9.49. The minimum absolute atomic E-state index is 0.0812. The maximum Gasteiger partial charge on any atom is 0.337 e. The number of carbonyl (C=O) groups excluding carboxylic acids is 2. The molecule has 1 atom stereocenters. The molecule has 5 nitrogen and oxygen atoms in total. The third-order valence-corrected chi connectivity index (χ3v) is 4.92. The number of nitrogens with one attached hydrogen (secondary N) is 1. The van der Waals surface area contributed by atoms with Crippen LogP contribution in [0.4, 0.5) is 0 Å². The zero-order valence-corrected chi connectivity index (χ0v) is 17.3. The van der Waals surface area contributed by atoms with Crippen LogP contribution in [0.1, 0.15) is 65.4 Å². The van der Waals surface area contributed by atoms with Gasteiger partial charge in [-0.05, 0) is 65.2 Å². The topological polar surface area (TPSA) is 64.6 Å². The summed E-state index contributed by atoms with van der Waals surface area (Å²) in [6.07, 6.45) is 2.01. The standard InChI is InChI=1S/C23H29NO4/c1-13(2)27-17-11-9-16(10-12-17)21-20(23(26)28-14(3)4)15(5)24-18-7-6-8-19(25)22(18)21/h9-14,21,24H,6-8H2,1-5H3. The van der Waals surface area contributed by atoms with Crippen LogP contribution >= 0.6 is 0 Å². The molecule has 1 aliphatic carbocycles. The molecule has 28 heavy (non-hydrogen) atoms. The Morgan fingerprint density at radius 3 is 2.36 bits per heavy atom. The molecule has 0 radical (unpaired) electrons. The molecule has 1 aromatic rings. The monoisotopic (exact) mass is 383 g/mol. The lowest BCUT2D eigenvalue weighted by Gasteiger charge is -2.34. The molecule has 0 aromatic heterocycles. The SMILES string of the molecule is CC1=C(C(=O)OC(C)C)C(c2ccc(OC(C)C)cc2)C2=C(CCCC2=O)N1. The molecule has 0 saturated heterocycles. The van der Waals surface area contributed by atoms with E-state index in [1.807, 2.05) is 58.9 Å². The molecule has 0 amide bonds. The number of benzene rings is 1. The summed E-state index contributed by atoms with van der Waals surface area (Å²) in [7, 11) is 0. The fourth-order valence-corrected chi connectivity index (χ4v) is 3.88. The van der Waals surface area contributed by atoms with Crippen LogP contribution in [-0.4, -0.2) is 24.0 Å². The summed E-state index contributed by atoms with van der Waals surface area (Å²) in [6, 6.07) is 7.67. The van der Waals surface area contributed by atoms with Crippen molar-refractivity contribution in [2.24, 2.45) is 0 Å². The maximum absolute atomic E-state index is 12.9. The summed E-state index contributed by atoms with van der Waals surface area (Å²) < 4.78 is 11.2. The van der Waals surface area contributed by atoms with Crippen molar-refractivity contribution >= 4 is 11.8 Å². The smallest absolute Gasteiger partial charge is 0.337 e. The fourth-order valence-electron chi connectivity index (χ4n) is 3.88. The molecule has 1 aliphatic heterocycles. The first-order chi connectivity index (χ1) is 13.3. The Hall–Kier alpha value is -2.56. The minimum Gasteiger partial charge on any atom is -0.491 e. The largest absolute Gasteiger partial charge is 0.491 e. The predicted octanol–water partition coefficient (Wildman–Crippen LogP) is 4.39. The lowest BCUT2D eigenvalue weighted by atomic mass is 9.75. The molecule has 5 heteroatoms. The molecular formula is C23H29NO4. The zero-order chi connectivity index (χ0) is 20.4. The number of hydrogen-bond acceptors (Lipinski definition) is 5. The van der Waals surface area contributed by atoms with E-state index in [-0.39, 0.29) is 24.0 Å². The number of Topliss-reactive ketones (excluding diaryl/α,β-unsaturated/α-hetero) is 1. The lowest BCUT2D eigenvalue weighted by Crippen LogP contribution is -2.34. The highest BCUT2D eigenvalue weighted by Crippen LogP contribution is 2.42. The van der Waals surface area contributed by atoms with Gasteiger partial charge < -0.3 is 14.8 Å². The summed E-state index contributed by atoms with van der Waals surface area (Å²) >= 11 is 0. The molecule has 150 valence electrons. The number of rotatable bonds is 5. The van der Waals surface area contributed by atoms with E-state index in [4.69, 9.17) is 9.47 Å². The zero-order valence-electron chi connectivity index (χ0n) is 17.3. The number of ketones is 1. The second-order valence-corrected chi connectivity index (χ2v) is 7.96. The quantitative estimate of drug-likeness (QED) is 0.764. The van der Waals surface area contributed by atoms with Crippen molar-refractivity contribution in [2.45, 2.75) is 72.0 Å². The van der Waals surface area contributed by atoms with Crippen LogP contribution in [-0.2, 0) is 14.3 Å². The highest BCUT2D eigenvalue weighted by atomic mass is 16.5. The van der Waals surface area contributed by atoms with Crippen LogP contribution in [0.25, 0.3) is 0 Å².